The van der Waals surface area contributed by atoms with Gasteiger partial charge in [0.1, 0.15) is 0 Å². The third-order valence-electron chi connectivity index (χ3n) is 4.98. The molecule has 8 heteroatoms. The van der Waals surface area contributed by atoms with Crippen LogP contribution in [-0.4, -0.2) is 34.8 Å². The highest BCUT2D eigenvalue weighted by molar-refractivity contribution is 7.15. The van der Waals surface area contributed by atoms with Crippen LogP contribution in [0, 0.1) is 11.7 Å². The lowest BCUT2D eigenvalue weighted by molar-refractivity contribution is -0.134. The summed E-state index contributed by atoms with van der Waals surface area (Å²) in [7, 11) is 0. The first-order valence-electron chi connectivity index (χ1n) is 9.04. The van der Waals surface area contributed by atoms with Crippen LogP contribution in [0.25, 0.3) is 0 Å². The number of rotatable bonds is 5. The van der Waals surface area contributed by atoms with E-state index in [4.69, 9.17) is 4.74 Å². The summed E-state index contributed by atoms with van der Waals surface area (Å²) in [5, 5.41) is 3.50. The second-order valence-electron chi connectivity index (χ2n) is 6.79. The van der Waals surface area contributed by atoms with Gasteiger partial charge in [0, 0.05) is 23.8 Å². The van der Waals surface area contributed by atoms with Gasteiger partial charge in [-0.2, -0.15) is 0 Å². The predicted octanol–water partition coefficient (Wildman–Crippen LogP) is 2.98. The van der Waals surface area contributed by atoms with Gasteiger partial charge in [0.05, 0.1) is 12.2 Å². The van der Waals surface area contributed by atoms with Gasteiger partial charge in [-0.3, -0.25) is 9.59 Å². The summed E-state index contributed by atoms with van der Waals surface area (Å²) in [5.41, 5.74) is 0.933. The van der Waals surface area contributed by atoms with Crippen molar-refractivity contribution in [2.24, 2.45) is 5.92 Å². The molecule has 2 amide bonds. The van der Waals surface area contributed by atoms with Gasteiger partial charge in [-0.1, -0.05) is 29.9 Å². The number of benzene rings is 1. The third kappa shape index (κ3) is 3.95. The number of hydrogen-bond donors (Lipinski definition) is 1. The van der Waals surface area contributed by atoms with Crippen LogP contribution in [0.2, 0.25) is 0 Å². The van der Waals surface area contributed by atoms with Gasteiger partial charge >= 0.3 is 0 Å². The predicted molar refractivity (Wildman–Crippen MR) is 99.1 cm³/mol. The Morgan fingerprint density at radius 2 is 2.15 bits per heavy atom. The quantitative estimate of drug-likeness (QED) is 0.853. The van der Waals surface area contributed by atoms with Crippen molar-refractivity contribution in [1.29, 1.82) is 0 Å². The molecule has 1 aliphatic heterocycles. The van der Waals surface area contributed by atoms with Gasteiger partial charge in [0.25, 0.3) is 5.91 Å². The molecule has 4 rings (SSSR count). The maximum atomic E-state index is 13.6. The number of ether oxygens (including phenoxy) is 1. The first kappa shape index (κ1) is 17.9. The van der Waals surface area contributed by atoms with Crippen molar-refractivity contribution in [1.82, 2.24) is 9.88 Å². The van der Waals surface area contributed by atoms with E-state index in [2.05, 4.69) is 10.3 Å². The van der Waals surface area contributed by atoms with Crippen LogP contribution in [0.3, 0.4) is 0 Å². The Bertz CT molecular complexity index is 866. The molecular formula is C19H20FN3O3S. The normalized spacial score (nSPS) is 16.4. The van der Waals surface area contributed by atoms with Gasteiger partial charge < -0.3 is 15.0 Å². The van der Waals surface area contributed by atoms with Crippen molar-refractivity contribution in [3.63, 3.8) is 0 Å². The van der Waals surface area contributed by atoms with Crippen molar-refractivity contribution >= 4 is 28.3 Å². The number of carbonyl (C=O) groups excluding carboxylic acids is 2. The van der Waals surface area contributed by atoms with Crippen LogP contribution >= 0.6 is 11.3 Å². The molecular weight excluding hydrogens is 369 g/mol. The molecule has 2 heterocycles. The number of nitrogens with zero attached hydrogens (tertiary/aromatic N) is 2. The van der Waals surface area contributed by atoms with E-state index in [0.717, 1.165) is 29.8 Å². The molecule has 1 aromatic heterocycles. The zero-order chi connectivity index (χ0) is 18.8. The van der Waals surface area contributed by atoms with Crippen LogP contribution in [0.5, 0.6) is 5.75 Å². The Morgan fingerprint density at radius 1 is 1.33 bits per heavy atom. The van der Waals surface area contributed by atoms with E-state index in [-0.39, 0.29) is 30.1 Å². The summed E-state index contributed by atoms with van der Waals surface area (Å²) in [4.78, 5) is 31.6. The molecule has 0 bridgehead atoms. The van der Waals surface area contributed by atoms with Crippen LogP contribution in [-0.2, 0) is 22.6 Å². The minimum Gasteiger partial charge on any atom is -0.481 e. The number of para-hydroxylation sites is 1. The average molecular weight is 389 g/mol. The Kier molecular flexibility index (Phi) is 5.07. The van der Waals surface area contributed by atoms with Gasteiger partial charge in [-0.05, 0) is 25.0 Å². The van der Waals surface area contributed by atoms with Crippen molar-refractivity contribution in [3.8, 4) is 5.75 Å². The summed E-state index contributed by atoms with van der Waals surface area (Å²) in [6.07, 6.45) is 3.64. The standard InChI is InChI=1S/C19H20FN3O3S/c20-13-6-1-2-7-15(13)26-11-17(24)23-9-8-14-16(10-23)27-19(21-14)22-18(25)12-4-3-5-12/h1-2,6-7,12H,3-5,8-11H2,(H,21,22,25). The third-order valence-corrected chi connectivity index (χ3v) is 5.98. The topological polar surface area (TPSA) is 71.5 Å². The highest BCUT2D eigenvalue weighted by Crippen LogP contribution is 2.31. The molecule has 1 fully saturated rings. The van der Waals surface area contributed by atoms with Gasteiger partial charge in [0.15, 0.2) is 23.3 Å². The number of thiazole rings is 1. The van der Waals surface area contributed by atoms with Crippen molar-refractivity contribution in [3.05, 3.63) is 40.7 Å². The lowest BCUT2D eigenvalue weighted by atomic mass is 9.85. The maximum Gasteiger partial charge on any atom is 0.260 e. The molecule has 0 saturated heterocycles. The molecule has 0 radical (unpaired) electrons. The molecule has 2 aromatic rings. The molecule has 0 spiro atoms. The van der Waals surface area contributed by atoms with E-state index in [1.54, 1.807) is 17.0 Å². The van der Waals surface area contributed by atoms with E-state index in [9.17, 15) is 14.0 Å². The largest absolute Gasteiger partial charge is 0.481 e. The molecule has 27 heavy (non-hydrogen) atoms. The minimum atomic E-state index is -0.486. The monoisotopic (exact) mass is 389 g/mol. The van der Waals surface area contributed by atoms with Gasteiger partial charge in [0.2, 0.25) is 5.91 Å². The first-order valence-corrected chi connectivity index (χ1v) is 9.86. The number of fused-ring (bicyclic) bond motifs is 1. The highest BCUT2D eigenvalue weighted by atomic mass is 32.1. The summed E-state index contributed by atoms with van der Waals surface area (Å²) in [6.45, 7) is 0.762. The molecule has 1 aromatic carbocycles. The Labute approximate surface area is 160 Å². The average Bonchev–Trinajstić information content (AvgIpc) is 3.00. The lowest BCUT2D eigenvalue weighted by Crippen LogP contribution is -2.38. The van der Waals surface area contributed by atoms with Gasteiger partial charge in [-0.15, -0.1) is 0 Å². The van der Waals surface area contributed by atoms with E-state index in [1.165, 1.54) is 23.5 Å². The number of carbonyl (C=O) groups is 2. The molecule has 0 unspecified atom stereocenters. The SMILES string of the molecule is O=C(Nc1nc2c(s1)CN(C(=O)COc1ccccc1F)CC2)C1CCC1. The molecule has 0 atom stereocenters. The van der Waals surface area contributed by atoms with Crippen molar-refractivity contribution < 1.29 is 18.7 Å². The Balaban J connectivity index is 1.34. The second-order valence-corrected chi connectivity index (χ2v) is 7.87. The number of halogens is 1. The first-order chi connectivity index (χ1) is 13.1. The van der Waals surface area contributed by atoms with Crippen LogP contribution in [0.1, 0.15) is 29.8 Å². The number of hydrogen-bond acceptors (Lipinski definition) is 5. The van der Waals surface area contributed by atoms with Gasteiger partial charge in [-0.25, -0.2) is 9.37 Å². The smallest absolute Gasteiger partial charge is 0.260 e. The van der Waals surface area contributed by atoms with E-state index < -0.39 is 5.82 Å². The van der Waals surface area contributed by atoms with Crippen LogP contribution < -0.4 is 10.1 Å². The fourth-order valence-corrected chi connectivity index (χ4v) is 4.16. The Morgan fingerprint density at radius 3 is 2.89 bits per heavy atom. The lowest BCUT2D eigenvalue weighted by Gasteiger charge is -2.26. The fourth-order valence-electron chi connectivity index (χ4n) is 3.13. The highest BCUT2D eigenvalue weighted by Gasteiger charge is 2.28. The molecule has 1 saturated carbocycles. The number of anilines is 1. The van der Waals surface area contributed by atoms with E-state index >= 15 is 0 Å². The van der Waals surface area contributed by atoms with E-state index in [1.807, 2.05) is 0 Å². The van der Waals surface area contributed by atoms with E-state index in [0.29, 0.717) is 24.6 Å². The zero-order valence-corrected chi connectivity index (χ0v) is 15.6. The maximum absolute atomic E-state index is 13.6. The summed E-state index contributed by atoms with van der Waals surface area (Å²) in [6, 6.07) is 6.02. The minimum absolute atomic E-state index is 0.0403. The van der Waals surface area contributed by atoms with Crippen LogP contribution in [0.15, 0.2) is 24.3 Å². The molecule has 142 valence electrons. The van der Waals surface area contributed by atoms with Crippen LogP contribution in [0.4, 0.5) is 9.52 Å². The van der Waals surface area contributed by atoms with Crippen molar-refractivity contribution in [2.75, 3.05) is 18.5 Å². The summed E-state index contributed by atoms with van der Waals surface area (Å²) >= 11 is 1.42. The molecule has 1 aliphatic carbocycles. The summed E-state index contributed by atoms with van der Waals surface area (Å²) < 4.78 is 18.9. The fraction of sp³-hybridized carbons (Fsp3) is 0.421. The molecule has 6 nitrogen and oxygen atoms in total. The zero-order valence-electron chi connectivity index (χ0n) is 14.7. The number of nitrogens with one attached hydrogen (secondary N) is 1. The number of aromatic nitrogens is 1. The number of amides is 2. The Hall–Kier alpha value is -2.48. The molecule has 2 aliphatic rings. The molecule has 1 N–H and O–H groups in total. The second kappa shape index (κ2) is 7.64. The summed E-state index contributed by atoms with van der Waals surface area (Å²) in [5.74, 6) is -0.460. The van der Waals surface area contributed by atoms with Crippen molar-refractivity contribution in [2.45, 2.75) is 32.2 Å².